The van der Waals surface area contributed by atoms with Crippen molar-refractivity contribution in [2.45, 2.75) is 25.7 Å². The van der Waals surface area contributed by atoms with Gasteiger partial charge in [0.05, 0.1) is 20.0 Å². The highest BCUT2D eigenvalue weighted by Crippen LogP contribution is 2.38. The third-order valence-electron chi connectivity index (χ3n) is 4.49. The van der Waals surface area contributed by atoms with E-state index in [4.69, 9.17) is 4.74 Å². The zero-order valence-corrected chi connectivity index (χ0v) is 14.0. The summed E-state index contributed by atoms with van der Waals surface area (Å²) < 4.78 is 4.79. The van der Waals surface area contributed by atoms with Crippen LogP contribution < -0.4 is 4.90 Å². The second kappa shape index (κ2) is 6.87. The molecule has 1 aliphatic rings. The number of nitrogens with zero attached hydrogens (tertiary/aromatic N) is 1. The average Bonchev–Trinajstić information content (AvgIpc) is 2.96. The van der Waals surface area contributed by atoms with Crippen molar-refractivity contribution in [2.75, 3.05) is 18.6 Å². The fourth-order valence-electron chi connectivity index (χ4n) is 3.17. The maximum absolute atomic E-state index is 12.8. The second-order valence-corrected chi connectivity index (χ2v) is 6.20. The van der Waals surface area contributed by atoms with Crippen LogP contribution in [0.25, 0.3) is 0 Å². The molecular formula is C20H21NO3. The zero-order valence-electron chi connectivity index (χ0n) is 14.0. The highest BCUT2D eigenvalue weighted by molar-refractivity contribution is 5.97. The number of esters is 1. The van der Waals surface area contributed by atoms with E-state index >= 15 is 0 Å². The van der Waals surface area contributed by atoms with Crippen LogP contribution in [0.2, 0.25) is 0 Å². The molecule has 1 aliphatic heterocycles. The van der Waals surface area contributed by atoms with Crippen molar-refractivity contribution in [3.8, 4) is 0 Å². The maximum atomic E-state index is 12.8. The molecule has 24 heavy (non-hydrogen) atoms. The van der Waals surface area contributed by atoms with Gasteiger partial charge in [0.2, 0.25) is 5.91 Å². The van der Waals surface area contributed by atoms with Gasteiger partial charge in [-0.05, 0) is 24.1 Å². The van der Waals surface area contributed by atoms with E-state index in [1.165, 1.54) is 12.7 Å². The highest BCUT2D eigenvalue weighted by atomic mass is 16.5. The van der Waals surface area contributed by atoms with Crippen molar-refractivity contribution in [1.29, 1.82) is 0 Å². The van der Waals surface area contributed by atoms with Gasteiger partial charge in [-0.25, -0.2) is 0 Å². The summed E-state index contributed by atoms with van der Waals surface area (Å²) in [6, 6.07) is 15.8. The lowest BCUT2D eigenvalue weighted by Gasteiger charge is -2.18. The Kier molecular flexibility index (Phi) is 4.65. The molecule has 0 saturated carbocycles. The SMILES string of the molecule is COC(=O)CC1CN(C(=O)Cc2ccc(C)cc2)c2ccccc21. The number of carbonyl (C=O) groups is 2. The first-order valence-electron chi connectivity index (χ1n) is 8.10. The minimum absolute atomic E-state index is 0.00406. The molecule has 0 fully saturated rings. The van der Waals surface area contributed by atoms with Gasteiger partial charge in [0.25, 0.3) is 0 Å². The predicted molar refractivity (Wildman–Crippen MR) is 93.1 cm³/mol. The van der Waals surface area contributed by atoms with Gasteiger partial charge in [0.15, 0.2) is 0 Å². The molecule has 4 nitrogen and oxygen atoms in total. The molecule has 2 aromatic carbocycles. The van der Waals surface area contributed by atoms with Gasteiger partial charge >= 0.3 is 5.97 Å². The molecule has 0 spiro atoms. The first-order valence-corrected chi connectivity index (χ1v) is 8.10. The van der Waals surface area contributed by atoms with Crippen LogP contribution in [0.5, 0.6) is 0 Å². The average molecular weight is 323 g/mol. The summed E-state index contributed by atoms with van der Waals surface area (Å²) in [6.45, 7) is 2.55. The molecule has 3 rings (SSSR count). The number of aryl methyl sites for hydroxylation is 1. The molecule has 4 heteroatoms. The Hall–Kier alpha value is -2.62. The Labute approximate surface area is 142 Å². The molecule has 0 aromatic heterocycles. The Bertz CT molecular complexity index is 752. The van der Waals surface area contributed by atoms with E-state index in [-0.39, 0.29) is 17.8 Å². The quantitative estimate of drug-likeness (QED) is 0.812. The van der Waals surface area contributed by atoms with Gasteiger partial charge in [-0.2, -0.15) is 0 Å². The van der Waals surface area contributed by atoms with E-state index in [1.54, 1.807) is 4.90 Å². The van der Waals surface area contributed by atoms with Gasteiger partial charge in [-0.15, -0.1) is 0 Å². The zero-order chi connectivity index (χ0) is 17.1. The Balaban J connectivity index is 1.79. The van der Waals surface area contributed by atoms with Crippen LogP contribution in [0.4, 0.5) is 5.69 Å². The summed E-state index contributed by atoms with van der Waals surface area (Å²) in [7, 11) is 1.39. The first kappa shape index (κ1) is 16.2. The summed E-state index contributed by atoms with van der Waals surface area (Å²) in [6.07, 6.45) is 0.654. The van der Waals surface area contributed by atoms with Gasteiger partial charge in [0, 0.05) is 18.2 Å². The standard InChI is InChI=1S/C20H21NO3/c1-14-7-9-15(10-8-14)11-19(22)21-13-16(12-20(23)24-2)17-5-3-4-6-18(17)21/h3-10,16H,11-13H2,1-2H3. The predicted octanol–water partition coefficient (Wildman–Crippen LogP) is 3.23. The molecule has 0 saturated heterocycles. The largest absolute Gasteiger partial charge is 0.469 e. The molecule has 0 bridgehead atoms. The lowest BCUT2D eigenvalue weighted by molar-refractivity contribution is -0.141. The van der Waals surface area contributed by atoms with Crippen molar-refractivity contribution in [3.05, 3.63) is 65.2 Å². The number of benzene rings is 2. The molecule has 1 heterocycles. The third kappa shape index (κ3) is 3.32. The van der Waals surface area contributed by atoms with E-state index in [1.807, 2.05) is 55.5 Å². The Morgan fingerprint density at radius 1 is 1.12 bits per heavy atom. The summed E-state index contributed by atoms with van der Waals surface area (Å²) >= 11 is 0. The Morgan fingerprint density at radius 2 is 1.83 bits per heavy atom. The van der Waals surface area contributed by atoms with Crippen LogP contribution in [0, 0.1) is 6.92 Å². The van der Waals surface area contributed by atoms with E-state index < -0.39 is 0 Å². The van der Waals surface area contributed by atoms with Gasteiger partial charge < -0.3 is 9.64 Å². The summed E-state index contributed by atoms with van der Waals surface area (Å²) in [4.78, 5) is 26.2. The van der Waals surface area contributed by atoms with E-state index in [9.17, 15) is 9.59 Å². The summed E-state index contributed by atoms with van der Waals surface area (Å²) in [5, 5.41) is 0. The van der Waals surface area contributed by atoms with Crippen LogP contribution in [-0.2, 0) is 20.7 Å². The molecule has 1 atom stereocenters. The lowest BCUT2D eigenvalue weighted by Crippen LogP contribution is -2.31. The van der Waals surface area contributed by atoms with Crippen molar-refractivity contribution in [2.24, 2.45) is 0 Å². The van der Waals surface area contributed by atoms with E-state index in [0.29, 0.717) is 19.4 Å². The maximum Gasteiger partial charge on any atom is 0.306 e. The lowest BCUT2D eigenvalue weighted by atomic mass is 9.98. The van der Waals surface area contributed by atoms with Gasteiger partial charge in [-0.1, -0.05) is 48.0 Å². The molecule has 0 radical (unpaired) electrons. The van der Waals surface area contributed by atoms with Crippen LogP contribution >= 0.6 is 0 Å². The minimum atomic E-state index is -0.248. The number of rotatable bonds is 4. The monoisotopic (exact) mass is 323 g/mol. The minimum Gasteiger partial charge on any atom is -0.469 e. The normalized spacial score (nSPS) is 15.9. The highest BCUT2D eigenvalue weighted by Gasteiger charge is 2.33. The topological polar surface area (TPSA) is 46.6 Å². The molecule has 1 unspecified atom stereocenters. The van der Waals surface area contributed by atoms with Crippen LogP contribution in [0.15, 0.2) is 48.5 Å². The number of carbonyl (C=O) groups excluding carboxylic acids is 2. The Morgan fingerprint density at radius 3 is 2.54 bits per heavy atom. The smallest absolute Gasteiger partial charge is 0.306 e. The summed E-state index contributed by atoms with van der Waals surface area (Å²) in [5.74, 6) is -0.197. The number of para-hydroxylation sites is 1. The molecule has 2 aromatic rings. The summed E-state index contributed by atoms with van der Waals surface area (Å²) in [5.41, 5.74) is 4.12. The number of anilines is 1. The molecule has 0 aliphatic carbocycles. The van der Waals surface area contributed by atoms with Crippen molar-refractivity contribution < 1.29 is 14.3 Å². The van der Waals surface area contributed by atoms with Crippen molar-refractivity contribution in [3.63, 3.8) is 0 Å². The number of amides is 1. The number of methoxy groups -OCH3 is 1. The van der Waals surface area contributed by atoms with Gasteiger partial charge in [-0.3, -0.25) is 9.59 Å². The van der Waals surface area contributed by atoms with E-state index in [0.717, 1.165) is 16.8 Å². The fourth-order valence-corrected chi connectivity index (χ4v) is 3.17. The number of ether oxygens (including phenoxy) is 1. The molecular weight excluding hydrogens is 302 g/mol. The van der Waals surface area contributed by atoms with Crippen molar-refractivity contribution in [1.82, 2.24) is 0 Å². The van der Waals surface area contributed by atoms with Crippen LogP contribution in [0.1, 0.15) is 29.0 Å². The van der Waals surface area contributed by atoms with Gasteiger partial charge in [0.1, 0.15) is 0 Å². The molecule has 124 valence electrons. The fraction of sp³-hybridized carbons (Fsp3) is 0.300. The number of fused-ring (bicyclic) bond motifs is 1. The second-order valence-electron chi connectivity index (χ2n) is 6.20. The number of hydrogen-bond acceptors (Lipinski definition) is 3. The molecule has 1 amide bonds. The first-order chi connectivity index (χ1) is 11.6. The number of hydrogen-bond donors (Lipinski definition) is 0. The van der Waals surface area contributed by atoms with E-state index in [2.05, 4.69) is 0 Å². The van der Waals surface area contributed by atoms with Crippen LogP contribution in [-0.4, -0.2) is 25.5 Å². The van der Waals surface area contributed by atoms with Crippen molar-refractivity contribution >= 4 is 17.6 Å². The van der Waals surface area contributed by atoms with Crippen LogP contribution in [0.3, 0.4) is 0 Å². The third-order valence-corrected chi connectivity index (χ3v) is 4.49. The molecule has 0 N–H and O–H groups in total.